The number of aromatic nitrogens is 1. The van der Waals surface area contributed by atoms with Crippen LogP contribution in [0.5, 0.6) is 0 Å². The maximum absolute atomic E-state index is 12.5. The number of rotatable bonds is 3. The van der Waals surface area contributed by atoms with E-state index in [1.807, 2.05) is 12.1 Å². The summed E-state index contributed by atoms with van der Waals surface area (Å²) >= 11 is 3.24. The van der Waals surface area contributed by atoms with Crippen molar-refractivity contribution < 1.29 is 8.42 Å². The molecule has 0 unspecified atom stereocenters. The molecule has 0 bridgehead atoms. The number of benzene rings is 1. The lowest BCUT2D eigenvalue weighted by molar-refractivity contribution is 0.600. The Bertz CT molecular complexity index is 778. The maximum Gasteiger partial charge on any atom is 0.263 e. The van der Waals surface area contributed by atoms with E-state index in [9.17, 15) is 8.42 Å². The number of hydrogen-bond donors (Lipinski definition) is 2. The van der Waals surface area contributed by atoms with E-state index in [0.29, 0.717) is 10.2 Å². The minimum Gasteiger partial charge on any atom is -0.312 e. The minimum absolute atomic E-state index is 0.142. The number of anilines is 1. The molecule has 3 rings (SSSR count). The van der Waals surface area contributed by atoms with Crippen LogP contribution >= 0.6 is 15.9 Å². The van der Waals surface area contributed by atoms with Crippen molar-refractivity contribution >= 4 is 31.6 Å². The van der Waals surface area contributed by atoms with E-state index in [1.54, 1.807) is 12.3 Å². The van der Waals surface area contributed by atoms with Gasteiger partial charge in [0, 0.05) is 23.4 Å². The molecule has 1 aliphatic rings. The molecule has 2 aromatic rings. The van der Waals surface area contributed by atoms with Gasteiger partial charge in [-0.25, -0.2) is 8.42 Å². The first kappa shape index (κ1) is 14.5. The van der Waals surface area contributed by atoms with E-state index in [2.05, 4.69) is 31.0 Å². The van der Waals surface area contributed by atoms with Crippen molar-refractivity contribution in [2.45, 2.75) is 17.9 Å². The van der Waals surface area contributed by atoms with E-state index >= 15 is 0 Å². The highest BCUT2D eigenvalue weighted by Gasteiger charge is 2.19. The fourth-order valence-corrected chi connectivity index (χ4v) is 3.97. The van der Waals surface area contributed by atoms with Gasteiger partial charge < -0.3 is 5.32 Å². The monoisotopic (exact) mass is 367 g/mol. The minimum atomic E-state index is -3.63. The number of nitrogens with one attached hydrogen (secondary N) is 2. The second kappa shape index (κ2) is 5.75. The van der Waals surface area contributed by atoms with Crippen molar-refractivity contribution in [3.05, 3.63) is 52.3 Å². The third-order valence-corrected chi connectivity index (χ3v) is 5.14. The fourth-order valence-electron chi connectivity index (χ4n) is 2.37. The Kier molecular flexibility index (Phi) is 3.97. The van der Waals surface area contributed by atoms with Crippen LogP contribution in [-0.2, 0) is 23.0 Å². The molecule has 1 aliphatic heterocycles. The smallest absolute Gasteiger partial charge is 0.263 e. The Morgan fingerprint density at radius 2 is 2.14 bits per heavy atom. The molecule has 0 radical (unpaired) electrons. The van der Waals surface area contributed by atoms with Crippen LogP contribution in [0.1, 0.15) is 11.1 Å². The predicted octanol–water partition coefficient (Wildman–Crippen LogP) is 2.29. The van der Waals surface area contributed by atoms with Gasteiger partial charge in [-0.15, -0.1) is 0 Å². The maximum atomic E-state index is 12.5. The number of hydrogen-bond acceptors (Lipinski definition) is 4. The van der Waals surface area contributed by atoms with Gasteiger partial charge in [0.05, 0.1) is 5.69 Å². The summed E-state index contributed by atoms with van der Waals surface area (Å²) in [5.41, 5.74) is 2.84. The highest BCUT2D eigenvalue weighted by Crippen LogP contribution is 2.26. The molecule has 5 nitrogen and oxygen atoms in total. The van der Waals surface area contributed by atoms with Crippen LogP contribution in [0.3, 0.4) is 0 Å². The Labute approximate surface area is 132 Å². The first-order valence-corrected chi connectivity index (χ1v) is 8.79. The van der Waals surface area contributed by atoms with Gasteiger partial charge in [-0.3, -0.25) is 9.71 Å². The number of pyridine rings is 1. The topological polar surface area (TPSA) is 71.1 Å². The molecule has 0 aliphatic carbocycles. The quantitative estimate of drug-likeness (QED) is 0.872. The van der Waals surface area contributed by atoms with Crippen molar-refractivity contribution in [2.24, 2.45) is 0 Å². The number of sulfonamides is 1. The zero-order chi connectivity index (χ0) is 14.9. The lowest BCUT2D eigenvalue weighted by atomic mass is 9.99. The van der Waals surface area contributed by atoms with E-state index in [4.69, 9.17) is 0 Å². The summed E-state index contributed by atoms with van der Waals surface area (Å²) in [6.07, 6.45) is 3.70. The summed E-state index contributed by atoms with van der Waals surface area (Å²) in [7, 11) is -3.63. The van der Waals surface area contributed by atoms with Crippen LogP contribution in [0.2, 0.25) is 0 Å². The summed E-state index contributed by atoms with van der Waals surface area (Å²) in [6.45, 7) is 1.62. The van der Waals surface area contributed by atoms with Crippen molar-refractivity contribution in [1.82, 2.24) is 10.3 Å². The molecule has 0 amide bonds. The predicted molar refractivity (Wildman–Crippen MR) is 84.6 cm³/mol. The average Bonchev–Trinajstić information content (AvgIpc) is 2.47. The molecule has 2 heterocycles. The van der Waals surface area contributed by atoms with Gasteiger partial charge in [0.1, 0.15) is 4.90 Å². The van der Waals surface area contributed by atoms with Crippen LogP contribution in [-0.4, -0.2) is 19.9 Å². The molecule has 0 saturated carbocycles. The molecule has 2 N–H and O–H groups in total. The van der Waals surface area contributed by atoms with Crippen molar-refractivity contribution in [3.63, 3.8) is 0 Å². The van der Waals surface area contributed by atoms with Crippen molar-refractivity contribution in [3.8, 4) is 0 Å². The van der Waals surface area contributed by atoms with Crippen molar-refractivity contribution in [2.75, 3.05) is 11.3 Å². The summed E-state index contributed by atoms with van der Waals surface area (Å²) in [6, 6.07) is 7.21. The van der Waals surface area contributed by atoms with Crippen molar-refractivity contribution in [1.29, 1.82) is 0 Å². The van der Waals surface area contributed by atoms with Crippen LogP contribution in [0.25, 0.3) is 0 Å². The second-order valence-electron chi connectivity index (χ2n) is 4.81. The van der Waals surface area contributed by atoms with E-state index in [1.165, 1.54) is 12.3 Å². The normalized spacial score (nSPS) is 14.5. The SMILES string of the molecule is O=S(=O)(Nc1cccc2c1CCNC2)c1cncc(Br)c1. The molecule has 0 atom stereocenters. The molecule has 0 fully saturated rings. The summed E-state index contributed by atoms with van der Waals surface area (Å²) in [4.78, 5) is 4.05. The Hall–Kier alpha value is -1.44. The summed E-state index contributed by atoms with van der Waals surface area (Å²) in [5.74, 6) is 0. The molecular weight excluding hydrogens is 354 g/mol. The van der Waals surface area contributed by atoms with Gasteiger partial charge in [-0.1, -0.05) is 12.1 Å². The lowest BCUT2D eigenvalue weighted by Gasteiger charge is -2.21. The Morgan fingerprint density at radius 1 is 1.29 bits per heavy atom. The van der Waals surface area contributed by atoms with Gasteiger partial charge in [-0.2, -0.15) is 0 Å². The van der Waals surface area contributed by atoms with Gasteiger partial charge in [0.15, 0.2) is 0 Å². The van der Waals surface area contributed by atoms with Gasteiger partial charge in [-0.05, 0) is 52.2 Å². The summed E-state index contributed by atoms with van der Waals surface area (Å²) in [5, 5.41) is 3.28. The lowest BCUT2D eigenvalue weighted by Crippen LogP contribution is -2.25. The van der Waals surface area contributed by atoms with E-state index in [0.717, 1.165) is 30.6 Å². The molecule has 110 valence electrons. The first-order chi connectivity index (χ1) is 10.1. The number of halogens is 1. The zero-order valence-electron chi connectivity index (χ0n) is 11.1. The van der Waals surface area contributed by atoms with Gasteiger partial charge >= 0.3 is 0 Å². The molecule has 1 aromatic carbocycles. The Morgan fingerprint density at radius 3 is 2.95 bits per heavy atom. The second-order valence-corrected chi connectivity index (χ2v) is 7.41. The molecule has 7 heteroatoms. The summed E-state index contributed by atoms with van der Waals surface area (Å²) < 4.78 is 28.2. The van der Waals surface area contributed by atoms with Crippen LogP contribution in [0.4, 0.5) is 5.69 Å². The van der Waals surface area contributed by atoms with Crippen LogP contribution in [0, 0.1) is 0 Å². The van der Waals surface area contributed by atoms with Crippen LogP contribution in [0.15, 0.2) is 46.0 Å². The molecule has 21 heavy (non-hydrogen) atoms. The Balaban J connectivity index is 1.96. The molecule has 0 saturated heterocycles. The highest BCUT2D eigenvalue weighted by atomic mass is 79.9. The first-order valence-electron chi connectivity index (χ1n) is 6.51. The van der Waals surface area contributed by atoms with Crippen LogP contribution < -0.4 is 10.0 Å². The highest BCUT2D eigenvalue weighted by molar-refractivity contribution is 9.10. The van der Waals surface area contributed by atoms with E-state index in [-0.39, 0.29) is 4.90 Å². The third kappa shape index (κ3) is 3.09. The average molecular weight is 368 g/mol. The fraction of sp³-hybridized carbons (Fsp3) is 0.214. The molecular formula is C14H14BrN3O2S. The largest absolute Gasteiger partial charge is 0.312 e. The van der Waals surface area contributed by atoms with Gasteiger partial charge in [0.25, 0.3) is 10.0 Å². The zero-order valence-corrected chi connectivity index (χ0v) is 13.5. The number of fused-ring (bicyclic) bond motifs is 1. The van der Waals surface area contributed by atoms with E-state index < -0.39 is 10.0 Å². The van der Waals surface area contributed by atoms with Gasteiger partial charge in [0.2, 0.25) is 0 Å². The standard InChI is InChI=1S/C14H14BrN3O2S/c15-11-6-12(9-17-8-11)21(19,20)18-14-3-1-2-10-7-16-5-4-13(10)14/h1-3,6,8-9,16,18H,4-5,7H2. The molecule has 0 spiro atoms. The third-order valence-electron chi connectivity index (χ3n) is 3.37. The number of nitrogens with zero attached hydrogens (tertiary/aromatic N) is 1. The molecule has 1 aromatic heterocycles.